The molecule has 2 heterocycles. The molecule has 0 spiro atoms. The van der Waals surface area contributed by atoms with Crippen molar-refractivity contribution in [1.29, 1.82) is 0 Å². The molecule has 5 rings (SSSR count). The topological polar surface area (TPSA) is 142 Å². The molecule has 3 aromatic rings. The molecule has 186 valence electrons. The van der Waals surface area contributed by atoms with E-state index in [4.69, 9.17) is 0 Å². The Bertz CT molecular complexity index is 1450. The van der Waals surface area contributed by atoms with E-state index in [1.807, 2.05) is 30.3 Å². The Hall–Kier alpha value is -4.99. The number of fused-ring (bicyclic) bond motifs is 1. The number of nitrogens with one attached hydrogen (secondary N) is 2. The number of aliphatic carboxylic acids is 1. The highest BCUT2D eigenvalue weighted by Gasteiger charge is 2.36. The molecule has 2 aliphatic rings. The van der Waals surface area contributed by atoms with Crippen LogP contribution in [0.1, 0.15) is 29.5 Å². The predicted molar refractivity (Wildman–Crippen MR) is 136 cm³/mol. The molecule has 10 nitrogen and oxygen atoms in total. The van der Waals surface area contributed by atoms with Crippen LogP contribution in [-0.2, 0) is 20.9 Å². The van der Waals surface area contributed by atoms with Gasteiger partial charge >= 0.3 is 5.97 Å². The van der Waals surface area contributed by atoms with E-state index in [-0.39, 0.29) is 36.0 Å². The molecule has 0 bridgehead atoms. The normalized spacial score (nSPS) is 17.8. The number of nitro groups is 1. The third kappa shape index (κ3) is 4.64. The highest BCUT2D eigenvalue weighted by Crippen LogP contribution is 2.39. The first-order valence-corrected chi connectivity index (χ1v) is 11.6. The second-order valence-electron chi connectivity index (χ2n) is 8.79. The Morgan fingerprint density at radius 1 is 1.08 bits per heavy atom. The molecule has 10 heteroatoms. The SMILES string of the molecule is O=C1Nc2ccc([N+](=O)[O-])cc2/C1=C(/Nc1ccc(CN2C(=O)CCC2C(=O)O)cc1)c1ccccc1. The van der Waals surface area contributed by atoms with E-state index in [0.29, 0.717) is 34.6 Å². The van der Waals surface area contributed by atoms with Gasteiger partial charge in [-0.05, 0) is 35.7 Å². The molecule has 1 unspecified atom stereocenters. The van der Waals surface area contributed by atoms with Crippen LogP contribution in [0.3, 0.4) is 0 Å². The maximum absolute atomic E-state index is 13.0. The van der Waals surface area contributed by atoms with E-state index < -0.39 is 16.9 Å². The lowest BCUT2D eigenvalue weighted by Crippen LogP contribution is -2.37. The van der Waals surface area contributed by atoms with Crippen LogP contribution in [-0.4, -0.2) is 38.8 Å². The number of likely N-dealkylation sites (tertiary alicyclic amines) is 1. The number of carboxylic acid groups (broad SMARTS) is 1. The Morgan fingerprint density at radius 3 is 2.49 bits per heavy atom. The average molecular weight is 498 g/mol. The second-order valence-corrected chi connectivity index (χ2v) is 8.79. The van der Waals surface area contributed by atoms with Crippen LogP contribution in [0, 0.1) is 10.1 Å². The summed E-state index contributed by atoms with van der Waals surface area (Å²) in [5.41, 5.74) is 3.66. The summed E-state index contributed by atoms with van der Waals surface area (Å²) in [7, 11) is 0. The number of nitrogens with zero attached hydrogens (tertiary/aromatic N) is 2. The van der Waals surface area contributed by atoms with Gasteiger partial charge in [0, 0.05) is 42.0 Å². The first-order chi connectivity index (χ1) is 17.8. The highest BCUT2D eigenvalue weighted by atomic mass is 16.6. The zero-order valence-electron chi connectivity index (χ0n) is 19.5. The van der Waals surface area contributed by atoms with Gasteiger partial charge in [-0.25, -0.2) is 4.79 Å². The van der Waals surface area contributed by atoms with Crippen molar-refractivity contribution in [2.24, 2.45) is 0 Å². The molecule has 0 aromatic heterocycles. The van der Waals surface area contributed by atoms with Crippen LogP contribution in [0.15, 0.2) is 72.8 Å². The number of hydrogen-bond donors (Lipinski definition) is 3. The van der Waals surface area contributed by atoms with Crippen LogP contribution < -0.4 is 10.6 Å². The lowest BCUT2D eigenvalue weighted by molar-refractivity contribution is -0.384. The zero-order valence-corrected chi connectivity index (χ0v) is 19.5. The van der Waals surface area contributed by atoms with Gasteiger partial charge in [-0.15, -0.1) is 0 Å². The maximum atomic E-state index is 13.0. The lowest BCUT2D eigenvalue weighted by Gasteiger charge is -2.22. The number of benzene rings is 3. The number of rotatable bonds is 7. The third-order valence-electron chi connectivity index (χ3n) is 6.46. The summed E-state index contributed by atoms with van der Waals surface area (Å²) in [5, 5.41) is 26.8. The molecule has 1 saturated heterocycles. The summed E-state index contributed by atoms with van der Waals surface area (Å²) in [6.45, 7) is 0.183. The fraction of sp³-hybridized carbons (Fsp3) is 0.148. The molecular weight excluding hydrogens is 476 g/mol. The number of nitro benzene ring substituents is 1. The summed E-state index contributed by atoms with van der Waals surface area (Å²) in [6.07, 6.45) is 0.510. The number of carbonyl (C=O) groups is 3. The van der Waals surface area contributed by atoms with Gasteiger partial charge in [0.2, 0.25) is 5.91 Å². The number of carboxylic acids is 1. The van der Waals surface area contributed by atoms with Gasteiger partial charge in [-0.1, -0.05) is 42.5 Å². The van der Waals surface area contributed by atoms with Crippen molar-refractivity contribution < 1.29 is 24.4 Å². The van der Waals surface area contributed by atoms with Crippen molar-refractivity contribution in [3.8, 4) is 0 Å². The molecule has 2 aliphatic heterocycles. The molecule has 0 radical (unpaired) electrons. The smallest absolute Gasteiger partial charge is 0.326 e. The summed E-state index contributed by atoms with van der Waals surface area (Å²) in [6, 6.07) is 19.7. The van der Waals surface area contributed by atoms with Crippen molar-refractivity contribution in [3.05, 3.63) is 99.6 Å². The number of hydrogen-bond acceptors (Lipinski definition) is 6. The van der Waals surface area contributed by atoms with Gasteiger partial charge in [0.25, 0.3) is 11.6 Å². The van der Waals surface area contributed by atoms with Crippen LogP contribution in [0.5, 0.6) is 0 Å². The lowest BCUT2D eigenvalue weighted by atomic mass is 9.99. The fourth-order valence-electron chi connectivity index (χ4n) is 4.62. The molecule has 1 fully saturated rings. The van der Waals surface area contributed by atoms with E-state index in [9.17, 15) is 29.6 Å². The standard InChI is InChI=1S/C27H22N4O6/c32-23-13-12-22(27(34)35)30(23)15-16-6-8-18(9-7-16)28-25(17-4-2-1-3-5-17)24-20-14-19(31(36)37)10-11-21(20)29-26(24)33/h1-11,14,22,28H,12-13,15H2,(H,29,33)(H,34,35)/b25-24-. The van der Waals surface area contributed by atoms with Crippen LogP contribution in [0.25, 0.3) is 11.3 Å². The van der Waals surface area contributed by atoms with E-state index in [0.717, 1.165) is 5.56 Å². The van der Waals surface area contributed by atoms with Crippen molar-refractivity contribution >= 4 is 46.1 Å². The van der Waals surface area contributed by atoms with Crippen molar-refractivity contribution in [3.63, 3.8) is 0 Å². The monoisotopic (exact) mass is 498 g/mol. The second kappa shape index (κ2) is 9.57. The Morgan fingerprint density at radius 2 is 1.81 bits per heavy atom. The largest absolute Gasteiger partial charge is 0.480 e. The average Bonchev–Trinajstić information content (AvgIpc) is 3.42. The molecule has 2 amide bonds. The maximum Gasteiger partial charge on any atom is 0.326 e. The summed E-state index contributed by atoms with van der Waals surface area (Å²) < 4.78 is 0. The first-order valence-electron chi connectivity index (χ1n) is 11.6. The van der Waals surface area contributed by atoms with Gasteiger partial charge in [-0.2, -0.15) is 0 Å². The van der Waals surface area contributed by atoms with E-state index in [1.165, 1.54) is 23.1 Å². The van der Waals surface area contributed by atoms with Crippen molar-refractivity contribution in [2.75, 3.05) is 10.6 Å². The molecule has 0 aliphatic carbocycles. The van der Waals surface area contributed by atoms with Gasteiger partial charge in [-0.3, -0.25) is 19.7 Å². The molecule has 0 saturated carbocycles. The van der Waals surface area contributed by atoms with Crippen molar-refractivity contribution in [1.82, 2.24) is 4.90 Å². The van der Waals surface area contributed by atoms with Crippen LogP contribution >= 0.6 is 0 Å². The van der Waals surface area contributed by atoms with E-state index in [2.05, 4.69) is 10.6 Å². The molecule has 37 heavy (non-hydrogen) atoms. The van der Waals surface area contributed by atoms with E-state index in [1.54, 1.807) is 24.3 Å². The Kier molecular flexibility index (Phi) is 6.14. The van der Waals surface area contributed by atoms with Gasteiger partial charge in [0.05, 0.1) is 16.2 Å². The fourth-order valence-corrected chi connectivity index (χ4v) is 4.62. The highest BCUT2D eigenvalue weighted by molar-refractivity contribution is 6.37. The molecule has 1 atom stereocenters. The third-order valence-corrected chi connectivity index (χ3v) is 6.46. The quantitative estimate of drug-likeness (QED) is 0.253. The first kappa shape index (κ1) is 23.7. The van der Waals surface area contributed by atoms with Crippen molar-refractivity contribution in [2.45, 2.75) is 25.4 Å². The molecule has 3 aromatic carbocycles. The number of non-ortho nitro benzene ring substituents is 1. The number of anilines is 2. The summed E-state index contributed by atoms with van der Waals surface area (Å²) in [4.78, 5) is 48.9. The minimum atomic E-state index is -1.02. The van der Waals surface area contributed by atoms with Gasteiger partial charge < -0.3 is 20.6 Å². The van der Waals surface area contributed by atoms with Gasteiger partial charge in [0.1, 0.15) is 6.04 Å². The summed E-state index contributed by atoms with van der Waals surface area (Å²) >= 11 is 0. The number of amides is 2. The van der Waals surface area contributed by atoms with Crippen LogP contribution in [0.4, 0.5) is 17.1 Å². The zero-order chi connectivity index (χ0) is 26.1. The minimum Gasteiger partial charge on any atom is -0.480 e. The molecule has 3 N–H and O–H groups in total. The Labute approximate surface area is 211 Å². The minimum absolute atomic E-state index is 0.124. The summed E-state index contributed by atoms with van der Waals surface area (Å²) in [5.74, 6) is -1.59. The van der Waals surface area contributed by atoms with E-state index >= 15 is 0 Å². The van der Waals surface area contributed by atoms with Gasteiger partial charge in [0.15, 0.2) is 0 Å². The molecular formula is C27H22N4O6. The van der Waals surface area contributed by atoms with Crippen LogP contribution in [0.2, 0.25) is 0 Å². The Balaban J connectivity index is 1.49. The predicted octanol–water partition coefficient (Wildman–Crippen LogP) is 4.10. The number of carbonyl (C=O) groups excluding carboxylic acids is 2.